The number of rotatable bonds is 14. The van der Waals surface area contributed by atoms with E-state index in [1.807, 2.05) is 0 Å². The fraction of sp³-hybridized carbons (Fsp3) is 0.500. The molecule has 0 saturated carbocycles. The predicted molar refractivity (Wildman–Crippen MR) is 125 cm³/mol. The van der Waals surface area contributed by atoms with Gasteiger partial charge >= 0.3 is 0 Å². The fourth-order valence-corrected chi connectivity index (χ4v) is 3.86. The molecular formula is C28H40. The Morgan fingerprint density at radius 3 is 1.93 bits per heavy atom. The van der Waals surface area contributed by atoms with Crippen LogP contribution in [0.3, 0.4) is 0 Å². The largest absolute Gasteiger partial charge is 0.0999 e. The lowest BCUT2D eigenvalue weighted by atomic mass is 9.98. The van der Waals surface area contributed by atoms with Crippen LogP contribution in [-0.4, -0.2) is 0 Å². The molecule has 0 atom stereocenters. The number of allylic oxidation sites excluding steroid dienone is 1. The molecule has 0 unspecified atom stereocenters. The van der Waals surface area contributed by atoms with Crippen LogP contribution >= 0.6 is 0 Å². The second-order valence-electron chi connectivity index (χ2n) is 8.48. The minimum absolute atomic E-state index is 1.18. The van der Waals surface area contributed by atoms with Crippen molar-refractivity contribution >= 4 is 0 Å². The number of benzene rings is 2. The Kier molecular flexibility index (Phi) is 10.7. The van der Waals surface area contributed by atoms with Crippen molar-refractivity contribution in [2.75, 3.05) is 0 Å². The van der Waals surface area contributed by atoms with E-state index in [0.717, 1.165) is 0 Å². The van der Waals surface area contributed by atoms with Crippen LogP contribution in [0.4, 0.5) is 0 Å². The van der Waals surface area contributed by atoms with E-state index in [1.165, 1.54) is 105 Å². The van der Waals surface area contributed by atoms with Crippen molar-refractivity contribution in [3.63, 3.8) is 0 Å². The molecule has 0 saturated heterocycles. The van der Waals surface area contributed by atoms with E-state index in [0.29, 0.717) is 0 Å². The van der Waals surface area contributed by atoms with Crippen molar-refractivity contribution in [1.29, 1.82) is 0 Å². The lowest BCUT2D eigenvalue weighted by Gasteiger charge is -2.08. The molecule has 2 rings (SSSR count). The molecule has 152 valence electrons. The van der Waals surface area contributed by atoms with Gasteiger partial charge in [-0.1, -0.05) is 92.8 Å². The monoisotopic (exact) mass is 376 g/mol. The van der Waals surface area contributed by atoms with E-state index in [9.17, 15) is 0 Å². The lowest BCUT2D eigenvalue weighted by molar-refractivity contribution is 0.575. The quantitative estimate of drug-likeness (QED) is 0.229. The summed E-state index contributed by atoms with van der Waals surface area (Å²) in [6, 6.07) is 17.8. The van der Waals surface area contributed by atoms with Crippen LogP contribution in [0, 0.1) is 13.8 Å². The molecule has 0 bridgehead atoms. The van der Waals surface area contributed by atoms with E-state index < -0.39 is 0 Å². The van der Waals surface area contributed by atoms with Crippen LogP contribution in [-0.2, 0) is 12.8 Å². The topological polar surface area (TPSA) is 0 Å². The van der Waals surface area contributed by atoms with Crippen molar-refractivity contribution in [3.8, 4) is 0 Å². The third kappa shape index (κ3) is 9.40. The molecule has 2 aromatic carbocycles. The predicted octanol–water partition coefficient (Wildman–Crippen LogP) is 8.55. The van der Waals surface area contributed by atoms with E-state index in [4.69, 9.17) is 0 Å². The van der Waals surface area contributed by atoms with Crippen molar-refractivity contribution in [1.82, 2.24) is 0 Å². The lowest BCUT2D eigenvalue weighted by Crippen LogP contribution is -1.91. The van der Waals surface area contributed by atoms with Crippen LogP contribution in [0.25, 0.3) is 0 Å². The highest BCUT2D eigenvalue weighted by Crippen LogP contribution is 2.18. The highest BCUT2D eigenvalue weighted by atomic mass is 14.1. The first kappa shape index (κ1) is 22.5. The standard InChI is InChI=1S/C28H40/c1-24(16-14-20-28-22-21-25(2)26(3)23-28)15-10-7-5-4-6-8-11-17-27-18-12-9-13-19-27/h9,12-13,18-19,21-23H,1,4-8,10-11,14-17,20H2,2-3H3. The summed E-state index contributed by atoms with van der Waals surface area (Å²) in [5.41, 5.74) is 7.22. The summed E-state index contributed by atoms with van der Waals surface area (Å²) in [6.07, 6.45) is 15.7. The second-order valence-corrected chi connectivity index (χ2v) is 8.48. The maximum atomic E-state index is 4.30. The molecule has 0 aliphatic carbocycles. The molecule has 0 heteroatoms. The van der Waals surface area contributed by atoms with Gasteiger partial charge in [-0.25, -0.2) is 0 Å². The van der Waals surface area contributed by atoms with E-state index in [-0.39, 0.29) is 0 Å². The first-order valence-electron chi connectivity index (χ1n) is 11.4. The Morgan fingerprint density at radius 1 is 0.607 bits per heavy atom. The van der Waals surface area contributed by atoms with Gasteiger partial charge in [-0.3, -0.25) is 0 Å². The van der Waals surface area contributed by atoms with E-state index in [1.54, 1.807) is 0 Å². The molecule has 2 aromatic rings. The minimum Gasteiger partial charge on any atom is -0.0999 e. The molecule has 0 nitrogen and oxygen atoms in total. The smallest absolute Gasteiger partial charge is 0.0276 e. The summed E-state index contributed by atoms with van der Waals surface area (Å²) in [5, 5.41) is 0. The first-order chi connectivity index (χ1) is 13.6. The van der Waals surface area contributed by atoms with Crippen LogP contribution in [0.1, 0.15) is 86.5 Å². The molecule has 28 heavy (non-hydrogen) atoms. The Labute approximate surface area is 174 Å². The molecule has 0 fully saturated rings. The van der Waals surface area contributed by atoms with Gasteiger partial charge in [-0.05, 0) is 81.0 Å². The van der Waals surface area contributed by atoms with Gasteiger partial charge in [-0.15, -0.1) is 0 Å². The van der Waals surface area contributed by atoms with Gasteiger partial charge in [0, 0.05) is 0 Å². The second kappa shape index (κ2) is 13.4. The average molecular weight is 377 g/mol. The SMILES string of the molecule is C=C(CCCCCCCCCc1ccccc1)CCCc1ccc(C)c(C)c1. The highest BCUT2D eigenvalue weighted by Gasteiger charge is 2.00. The average Bonchev–Trinajstić information content (AvgIpc) is 2.70. The molecule has 0 amide bonds. The summed E-state index contributed by atoms with van der Waals surface area (Å²) < 4.78 is 0. The van der Waals surface area contributed by atoms with Crippen LogP contribution in [0.2, 0.25) is 0 Å². The van der Waals surface area contributed by atoms with Crippen LogP contribution in [0.15, 0.2) is 60.7 Å². The summed E-state index contributed by atoms with van der Waals surface area (Å²) in [4.78, 5) is 0. The molecule has 0 radical (unpaired) electrons. The molecule has 0 aromatic heterocycles. The Balaban J connectivity index is 1.40. The maximum absolute atomic E-state index is 4.30. The minimum atomic E-state index is 1.18. The van der Waals surface area contributed by atoms with Crippen LogP contribution in [0.5, 0.6) is 0 Å². The molecule has 0 spiro atoms. The van der Waals surface area contributed by atoms with Gasteiger partial charge in [0.25, 0.3) is 0 Å². The highest BCUT2D eigenvalue weighted by molar-refractivity contribution is 5.30. The number of aryl methyl sites for hydroxylation is 4. The third-order valence-electron chi connectivity index (χ3n) is 5.91. The van der Waals surface area contributed by atoms with Gasteiger partial charge in [0.1, 0.15) is 0 Å². The van der Waals surface area contributed by atoms with Gasteiger partial charge < -0.3 is 0 Å². The van der Waals surface area contributed by atoms with Gasteiger partial charge in [0.2, 0.25) is 0 Å². The number of hydrogen-bond donors (Lipinski definition) is 0. The fourth-order valence-electron chi connectivity index (χ4n) is 3.86. The number of unbranched alkanes of at least 4 members (excludes halogenated alkanes) is 6. The molecule has 0 aliphatic heterocycles. The maximum Gasteiger partial charge on any atom is -0.0276 e. The molecule has 0 N–H and O–H groups in total. The van der Waals surface area contributed by atoms with Gasteiger partial charge in [0.15, 0.2) is 0 Å². The van der Waals surface area contributed by atoms with Crippen molar-refractivity contribution in [2.24, 2.45) is 0 Å². The van der Waals surface area contributed by atoms with Gasteiger partial charge in [0.05, 0.1) is 0 Å². The van der Waals surface area contributed by atoms with Gasteiger partial charge in [-0.2, -0.15) is 0 Å². The summed E-state index contributed by atoms with van der Waals surface area (Å²) >= 11 is 0. The molecule has 0 aliphatic rings. The Bertz CT molecular complexity index is 680. The van der Waals surface area contributed by atoms with Crippen molar-refractivity contribution in [3.05, 3.63) is 82.9 Å². The zero-order chi connectivity index (χ0) is 20.0. The van der Waals surface area contributed by atoms with Crippen molar-refractivity contribution < 1.29 is 0 Å². The first-order valence-corrected chi connectivity index (χ1v) is 11.4. The van der Waals surface area contributed by atoms with Crippen molar-refractivity contribution in [2.45, 2.75) is 90.9 Å². The Morgan fingerprint density at radius 2 is 1.21 bits per heavy atom. The van der Waals surface area contributed by atoms with Crippen LogP contribution < -0.4 is 0 Å². The van der Waals surface area contributed by atoms with E-state index >= 15 is 0 Å². The molecular weight excluding hydrogens is 336 g/mol. The number of hydrogen-bond acceptors (Lipinski definition) is 0. The zero-order valence-corrected chi connectivity index (χ0v) is 18.3. The molecule has 0 heterocycles. The normalized spacial score (nSPS) is 10.9. The summed E-state index contributed by atoms with van der Waals surface area (Å²) in [5.74, 6) is 0. The summed E-state index contributed by atoms with van der Waals surface area (Å²) in [6.45, 7) is 8.70. The third-order valence-corrected chi connectivity index (χ3v) is 5.91. The summed E-state index contributed by atoms with van der Waals surface area (Å²) in [7, 11) is 0. The Hall–Kier alpha value is -1.82. The zero-order valence-electron chi connectivity index (χ0n) is 18.3. The van der Waals surface area contributed by atoms with E-state index in [2.05, 4.69) is 69.0 Å².